The Kier molecular flexibility index (Phi) is 12.5. The maximum atomic E-state index is 13.2. The van der Waals surface area contributed by atoms with Crippen molar-refractivity contribution in [2.75, 3.05) is 13.2 Å². The number of carboxylic acid groups (broad SMARTS) is 2. The summed E-state index contributed by atoms with van der Waals surface area (Å²) in [6, 6.07) is -0.194. The van der Waals surface area contributed by atoms with Crippen molar-refractivity contribution in [1.29, 1.82) is 0 Å². The van der Waals surface area contributed by atoms with Crippen molar-refractivity contribution in [3.05, 3.63) is 0 Å². The summed E-state index contributed by atoms with van der Waals surface area (Å²) in [6.07, 6.45) is 18.1. The van der Waals surface area contributed by atoms with Crippen molar-refractivity contribution < 1.29 is 43.6 Å². The zero-order valence-electron chi connectivity index (χ0n) is 25.0. The number of carbonyl (C=O) groups excluding carboxylic acids is 2. The van der Waals surface area contributed by atoms with Gasteiger partial charge in [-0.05, 0) is 77.0 Å². The van der Waals surface area contributed by atoms with Gasteiger partial charge in [0.05, 0.1) is 49.1 Å². The molecule has 4 N–H and O–H groups in total. The van der Waals surface area contributed by atoms with Crippen molar-refractivity contribution in [1.82, 2.24) is 10.6 Å². The van der Waals surface area contributed by atoms with Gasteiger partial charge in [-0.3, -0.25) is 19.2 Å². The number of hydrogen-bond acceptors (Lipinski definition) is 7. The van der Waals surface area contributed by atoms with Gasteiger partial charge < -0.3 is 35.1 Å². The maximum Gasteiger partial charge on any atom is 0.307 e. The quantitative estimate of drug-likeness (QED) is 0.194. The zero-order valence-corrected chi connectivity index (χ0v) is 25.0. The molecule has 6 atom stereocenters. The van der Waals surface area contributed by atoms with Gasteiger partial charge in [-0.2, -0.15) is 0 Å². The molecule has 4 fully saturated rings. The molecule has 0 aromatic heterocycles. The van der Waals surface area contributed by atoms with Crippen LogP contribution < -0.4 is 10.6 Å². The fourth-order valence-electron chi connectivity index (χ4n) is 7.45. The number of rotatable bonds is 12. The van der Waals surface area contributed by atoms with Crippen molar-refractivity contribution >= 4 is 23.8 Å². The lowest BCUT2D eigenvalue weighted by Crippen LogP contribution is -2.50. The lowest BCUT2D eigenvalue weighted by Gasteiger charge is -2.36. The van der Waals surface area contributed by atoms with E-state index in [4.69, 9.17) is 20.6 Å². The van der Waals surface area contributed by atoms with E-state index in [9.17, 15) is 29.4 Å². The predicted molar refractivity (Wildman–Crippen MR) is 156 cm³/mol. The molecule has 240 valence electrons. The molecule has 11 nitrogen and oxygen atoms in total. The third-order valence-corrected chi connectivity index (χ3v) is 9.91. The molecule has 0 aromatic carbocycles. The van der Waals surface area contributed by atoms with Crippen LogP contribution in [0.2, 0.25) is 0 Å². The number of nitrogens with one attached hydrogen (secondary N) is 2. The van der Waals surface area contributed by atoms with Crippen LogP contribution >= 0.6 is 0 Å². The molecular formula is C32H48N2O9. The molecule has 4 aliphatic rings. The van der Waals surface area contributed by atoms with Gasteiger partial charge in [0.25, 0.3) is 0 Å². The van der Waals surface area contributed by atoms with Crippen LogP contribution in [0.1, 0.15) is 96.3 Å². The Morgan fingerprint density at radius 1 is 0.605 bits per heavy atom. The van der Waals surface area contributed by atoms with Crippen LogP contribution in [0.15, 0.2) is 0 Å². The Bertz CT molecular complexity index is 999. The van der Waals surface area contributed by atoms with Gasteiger partial charge in [-0.15, -0.1) is 0 Å². The highest BCUT2D eigenvalue weighted by Crippen LogP contribution is 2.34. The molecule has 4 saturated carbocycles. The SMILES string of the molecule is C#COC1CCC(C(=O)NC2CCC(NC(=O)C3CCC(OCCOC4CCCCC4)CC3C(=O)O)CC2)C(C(=O)O)C1. The second-order valence-electron chi connectivity index (χ2n) is 12.8. The summed E-state index contributed by atoms with van der Waals surface area (Å²) in [7, 11) is 0. The summed E-state index contributed by atoms with van der Waals surface area (Å²) in [5, 5.41) is 25.6. The molecule has 4 aliphatic carbocycles. The fourth-order valence-corrected chi connectivity index (χ4v) is 7.45. The Labute approximate surface area is 254 Å². The predicted octanol–water partition coefficient (Wildman–Crippen LogP) is 3.24. The van der Waals surface area contributed by atoms with E-state index < -0.39 is 35.6 Å². The minimum absolute atomic E-state index is 0.0934. The average Bonchev–Trinajstić information content (AvgIpc) is 3.00. The molecule has 0 aromatic rings. The first-order chi connectivity index (χ1) is 20.7. The number of ether oxygens (including phenoxy) is 3. The van der Waals surface area contributed by atoms with E-state index in [1.54, 1.807) is 0 Å². The molecule has 0 aliphatic heterocycles. The van der Waals surface area contributed by atoms with E-state index in [0.717, 1.165) is 12.8 Å². The van der Waals surface area contributed by atoms with Crippen molar-refractivity contribution in [2.45, 2.75) is 127 Å². The summed E-state index contributed by atoms with van der Waals surface area (Å²) in [5.41, 5.74) is 0. The molecule has 0 heterocycles. The van der Waals surface area contributed by atoms with Gasteiger partial charge in [0.15, 0.2) is 0 Å². The molecule has 0 bridgehead atoms. The van der Waals surface area contributed by atoms with E-state index in [-0.39, 0.29) is 42.5 Å². The highest BCUT2D eigenvalue weighted by molar-refractivity contribution is 5.86. The van der Waals surface area contributed by atoms with Crippen molar-refractivity contribution in [2.24, 2.45) is 23.7 Å². The molecule has 4 rings (SSSR count). The van der Waals surface area contributed by atoms with E-state index in [0.29, 0.717) is 77.1 Å². The fraction of sp³-hybridized carbons (Fsp3) is 0.812. The van der Waals surface area contributed by atoms with Crippen LogP contribution in [0.3, 0.4) is 0 Å². The number of hydrogen-bond donors (Lipinski definition) is 4. The van der Waals surface area contributed by atoms with E-state index in [1.165, 1.54) is 19.3 Å². The van der Waals surface area contributed by atoms with Gasteiger partial charge in [-0.25, -0.2) is 0 Å². The van der Waals surface area contributed by atoms with Gasteiger partial charge in [0.2, 0.25) is 11.8 Å². The summed E-state index contributed by atoms with van der Waals surface area (Å²) in [5.74, 6) is -5.37. The van der Waals surface area contributed by atoms with E-state index in [1.807, 2.05) is 0 Å². The lowest BCUT2D eigenvalue weighted by molar-refractivity contribution is -0.152. The first-order valence-electron chi connectivity index (χ1n) is 16.2. The molecular weight excluding hydrogens is 556 g/mol. The van der Waals surface area contributed by atoms with Gasteiger partial charge in [0.1, 0.15) is 12.2 Å². The molecule has 0 spiro atoms. The van der Waals surface area contributed by atoms with Crippen molar-refractivity contribution in [3.8, 4) is 12.5 Å². The first kappa shape index (κ1) is 33.1. The molecule has 0 radical (unpaired) electrons. The van der Waals surface area contributed by atoms with Crippen LogP contribution in [-0.2, 0) is 33.4 Å². The second kappa shape index (κ2) is 16.3. The molecule has 6 unspecified atom stereocenters. The number of aliphatic carboxylic acids is 2. The molecule has 2 amide bonds. The smallest absolute Gasteiger partial charge is 0.307 e. The Morgan fingerprint density at radius 3 is 1.56 bits per heavy atom. The minimum Gasteiger partial charge on any atom is -0.481 e. The molecule has 0 saturated heterocycles. The normalized spacial score (nSPS) is 33.5. The topological polar surface area (TPSA) is 160 Å². The van der Waals surface area contributed by atoms with Crippen LogP contribution in [0.25, 0.3) is 0 Å². The highest BCUT2D eigenvalue weighted by atomic mass is 16.5. The van der Waals surface area contributed by atoms with Gasteiger partial charge in [-0.1, -0.05) is 25.7 Å². The zero-order chi connectivity index (χ0) is 30.8. The minimum atomic E-state index is -1.03. The van der Waals surface area contributed by atoms with Crippen LogP contribution in [0, 0.1) is 36.2 Å². The Hall–Kier alpha value is -2.84. The monoisotopic (exact) mass is 604 g/mol. The lowest BCUT2D eigenvalue weighted by atomic mass is 9.76. The highest BCUT2D eigenvalue weighted by Gasteiger charge is 2.42. The standard InChI is InChI=1S/C32H48N2O9/c1-2-41-23-12-14-25(27(18-23)31(37)38)29(35)33-20-8-10-21(11-9-20)34-30(36)26-15-13-24(19-28(26)32(39)40)43-17-16-42-22-6-4-3-5-7-22/h1,20-28H,3-19H2,(H,33,35)(H,34,36)(H,37,38)(H,39,40). The van der Waals surface area contributed by atoms with E-state index in [2.05, 4.69) is 16.7 Å². The van der Waals surface area contributed by atoms with Crippen molar-refractivity contribution in [3.63, 3.8) is 0 Å². The number of terminal acetylenes is 1. The number of carboxylic acids is 2. The second-order valence-corrected chi connectivity index (χ2v) is 12.8. The first-order valence-corrected chi connectivity index (χ1v) is 16.2. The Morgan fingerprint density at radius 2 is 1.07 bits per heavy atom. The van der Waals surface area contributed by atoms with Crippen LogP contribution in [-0.4, -0.2) is 77.6 Å². The largest absolute Gasteiger partial charge is 0.481 e. The Balaban J connectivity index is 1.17. The van der Waals surface area contributed by atoms with Crippen LogP contribution in [0.4, 0.5) is 0 Å². The number of amides is 2. The summed E-state index contributed by atoms with van der Waals surface area (Å²) in [4.78, 5) is 50.1. The van der Waals surface area contributed by atoms with Gasteiger partial charge >= 0.3 is 11.9 Å². The molecule has 43 heavy (non-hydrogen) atoms. The molecule has 11 heteroatoms. The summed E-state index contributed by atoms with van der Waals surface area (Å²) < 4.78 is 17.0. The van der Waals surface area contributed by atoms with Gasteiger partial charge in [0, 0.05) is 12.1 Å². The van der Waals surface area contributed by atoms with E-state index >= 15 is 0 Å². The average molecular weight is 605 g/mol. The number of carbonyl (C=O) groups is 4. The summed E-state index contributed by atoms with van der Waals surface area (Å²) >= 11 is 0. The maximum absolute atomic E-state index is 13.2. The third kappa shape index (κ3) is 9.57. The summed E-state index contributed by atoms with van der Waals surface area (Å²) in [6.45, 7) is 0.942. The van der Waals surface area contributed by atoms with Crippen LogP contribution in [0.5, 0.6) is 0 Å². The third-order valence-electron chi connectivity index (χ3n) is 9.91.